The second-order valence-corrected chi connectivity index (χ2v) is 4.11. The summed E-state index contributed by atoms with van der Waals surface area (Å²) in [6, 6.07) is 4.56. The minimum Gasteiger partial charge on any atom is -0.468 e. The molecule has 1 aliphatic rings. The molecule has 2 rings (SSSR count). The first kappa shape index (κ1) is 16.8. The van der Waals surface area contributed by atoms with Gasteiger partial charge in [-0.05, 0) is 18.6 Å². The molecule has 1 aliphatic heterocycles. The smallest absolute Gasteiger partial charge is 0.120 e. The lowest BCUT2D eigenvalue weighted by molar-refractivity contribution is 0.146. The van der Waals surface area contributed by atoms with Crippen LogP contribution in [0.5, 0.6) is 0 Å². The first-order valence-electron chi connectivity index (χ1n) is 5.90. The van der Waals surface area contributed by atoms with Crippen molar-refractivity contribution >= 4 is 24.8 Å². The lowest BCUT2D eigenvalue weighted by Gasteiger charge is -2.33. The predicted molar refractivity (Wildman–Crippen MR) is 75.3 cm³/mol. The summed E-state index contributed by atoms with van der Waals surface area (Å²) in [5.41, 5.74) is 0. The first-order valence-corrected chi connectivity index (χ1v) is 5.90. The Balaban J connectivity index is 0.00000128. The van der Waals surface area contributed by atoms with Crippen molar-refractivity contribution in [2.24, 2.45) is 0 Å². The molecule has 5 heteroatoms. The van der Waals surface area contributed by atoms with E-state index in [1.807, 2.05) is 6.07 Å². The molecule has 1 fully saturated rings. The van der Waals surface area contributed by atoms with Gasteiger partial charge in [-0.3, -0.25) is 4.90 Å². The molecule has 1 atom stereocenters. The van der Waals surface area contributed by atoms with Crippen LogP contribution >= 0.6 is 24.8 Å². The molecule has 3 nitrogen and oxygen atoms in total. The zero-order valence-electron chi connectivity index (χ0n) is 10.2. The highest BCUT2D eigenvalue weighted by molar-refractivity contribution is 5.85. The number of hydrogen-bond donors (Lipinski definition) is 1. The summed E-state index contributed by atoms with van der Waals surface area (Å²) < 4.78 is 5.54. The van der Waals surface area contributed by atoms with E-state index >= 15 is 0 Å². The molecule has 1 aromatic heterocycles. The van der Waals surface area contributed by atoms with E-state index in [1.54, 1.807) is 6.26 Å². The van der Waals surface area contributed by atoms with Crippen LogP contribution in [0.1, 0.15) is 31.6 Å². The normalized spacial score (nSPS) is 17.9. The van der Waals surface area contributed by atoms with Crippen LogP contribution in [0.15, 0.2) is 22.8 Å². The van der Waals surface area contributed by atoms with Gasteiger partial charge in [0.05, 0.1) is 12.3 Å². The lowest BCUT2D eigenvalue weighted by atomic mass is 10.1. The number of furan rings is 1. The van der Waals surface area contributed by atoms with Crippen molar-refractivity contribution < 1.29 is 4.42 Å². The van der Waals surface area contributed by atoms with Gasteiger partial charge in [0.15, 0.2) is 0 Å². The molecule has 1 N–H and O–H groups in total. The van der Waals surface area contributed by atoms with Gasteiger partial charge in [0.2, 0.25) is 0 Å². The molecule has 0 amide bonds. The van der Waals surface area contributed by atoms with Crippen LogP contribution in [0.4, 0.5) is 0 Å². The van der Waals surface area contributed by atoms with E-state index in [1.165, 1.54) is 12.8 Å². The SMILES string of the molecule is CCC[C@H](c1ccco1)N1CCNCC1.Cl.Cl. The molecule has 0 aromatic carbocycles. The van der Waals surface area contributed by atoms with E-state index in [9.17, 15) is 0 Å². The Labute approximate surface area is 116 Å². The fourth-order valence-electron chi connectivity index (χ4n) is 2.25. The van der Waals surface area contributed by atoms with Crippen molar-refractivity contribution in [3.8, 4) is 0 Å². The van der Waals surface area contributed by atoms with E-state index in [0.717, 1.165) is 31.9 Å². The number of halogens is 2. The summed E-state index contributed by atoms with van der Waals surface area (Å²) >= 11 is 0. The average Bonchev–Trinajstić information content (AvgIpc) is 2.80. The largest absolute Gasteiger partial charge is 0.468 e. The molecule has 2 heterocycles. The van der Waals surface area contributed by atoms with Gasteiger partial charge >= 0.3 is 0 Å². The number of nitrogens with zero attached hydrogens (tertiary/aromatic N) is 1. The van der Waals surface area contributed by atoms with Crippen molar-refractivity contribution in [3.63, 3.8) is 0 Å². The van der Waals surface area contributed by atoms with Gasteiger partial charge in [0.1, 0.15) is 5.76 Å². The van der Waals surface area contributed by atoms with E-state index in [-0.39, 0.29) is 24.8 Å². The third-order valence-electron chi connectivity index (χ3n) is 3.03. The van der Waals surface area contributed by atoms with Gasteiger partial charge in [0, 0.05) is 26.2 Å². The topological polar surface area (TPSA) is 28.4 Å². The highest BCUT2D eigenvalue weighted by Gasteiger charge is 2.22. The van der Waals surface area contributed by atoms with Crippen LogP contribution in [0.3, 0.4) is 0 Å². The molecule has 0 spiro atoms. The summed E-state index contributed by atoms with van der Waals surface area (Å²) in [6.07, 6.45) is 4.17. The molecular formula is C12H22Cl2N2O. The lowest BCUT2D eigenvalue weighted by Crippen LogP contribution is -2.45. The Hall–Kier alpha value is -0.220. The molecular weight excluding hydrogens is 259 g/mol. The minimum atomic E-state index is 0. The standard InChI is InChI=1S/C12H20N2O.2ClH/c1-2-4-11(12-5-3-10-15-12)14-8-6-13-7-9-14;;/h3,5,10-11,13H,2,4,6-9H2,1H3;2*1H/t11-;;/m1../s1. The molecule has 0 bridgehead atoms. The maximum absolute atomic E-state index is 5.54. The Bertz CT molecular complexity index is 274. The van der Waals surface area contributed by atoms with E-state index in [2.05, 4.69) is 23.2 Å². The number of piperazine rings is 1. The number of rotatable bonds is 4. The van der Waals surface area contributed by atoms with Gasteiger partial charge in [-0.2, -0.15) is 0 Å². The van der Waals surface area contributed by atoms with Crippen molar-refractivity contribution in [3.05, 3.63) is 24.2 Å². The van der Waals surface area contributed by atoms with Crippen molar-refractivity contribution in [1.82, 2.24) is 10.2 Å². The summed E-state index contributed by atoms with van der Waals surface area (Å²) in [7, 11) is 0. The van der Waals surface area contributed by atoms with Gasteiger partial charge in [-0.1, -0.05) is 13.3 Å². The van der Waals surface area contributed by atoms with Crippen LogP contribution < -0.4 is 5.32 Å². The maximum atomic E-state index is 5.54. The van der Waals surface area contributed by atoms with Crippen LogP contribution in [0.25, 0.3) is 0 Å². The number of nitrogens with one attached hydrogen (secondary N) is 1. The molecule has 0 aliphatic carbocycles. The van der Waals surface area contributed by atoms with Gasteiger partial charge < -0.3 is 9.73 Å². The zero-order chi connectivity index (χ0) is 10.5. The summed E-state index contributed by atoms with van der Waals surface area (Å²) in [5.74, 6) is 1.12. The van der Waals surface area contributed by atoms with Crippen molar-refractivity contribution in [1.29, 1.82) is 0 Å². The van der Waals surface area contributed by atoms with E-state index < -0.39 is 0 Å². The highest BCUT2D eigenvalue weighted by Crippen LogP contribution is 2.26. The fourth-order valence-corrected chi connectivity index (χ4v) is 2.25. The fraction of sp³-hybridized carbons (Fsp3) is 0.667. The third kappa shape index (κ3) is 4.51. The van der Waals surface area contributed by atoms with Gasteiger partial charge in [-0.25, -0.2) is 0 Å². The van der Waals surface area contributed by atoms with Gasteiger partial charge in [0.25, 0.3) is 0 Å². The monoisotopic (exact) mass is 280 g/mol. The number of hydrogen-bond acceptors (Lipinski definition) is 3. The Kier molecular flexibility index (Phi) is 8.70. The summed E-state index contributed by atoms with van der Waals surface area (Å²) in [4.78, 5) is 2.53. The third-order valence-corrected chi connectivity index (χ3v) is 3.03. The Morgan fingerprint density at radius 1 is 1.35 bits per heavy atom. The molecule has 0 unspecified atom stereocenters. The van der Waals surface area contributed by atoms with Crippen molar-refractivity contribution in [2.45, 2.75) is 25.8 Å². The Morgan fingerprint density at radius 3 is 2.59 bits per heavy atom. The predicted octanol–water partition coefficient (Wildman–Crippen LogP) is 2.87. The quantitative estimate of drug-likeness (QED) is 0.920. The average molecular weight is 281 g/mol. The Morgan fingerprint density at radius 2 is 2.06 bits per heavy atom. The van der Waals surface area contributed by atoms with Gasteiger partial charge in [-0.15, -0.1) is 24.8 Å². The minimum absolute atomic E-state index is 0. The summed E-state index contributed by atoms with van der Waals surface area (Å²) in [5, 5.41) is 3.38. The molecule has 100 valence electrons. The zero-order valence-corrected chi connectivity index (χ0v) is 11.9. The van der Waals surface area contributed by atoms with Crippen LogP contribution in [0.2, 0.25) is 0 Å². The summed E-state index contributed by atoms with van der Waals surface area (Å²) in [6.45, 7) is 6.69. The molecule has 1 aromatic rings. The highest BCUT2D eigenvalue weighted by atomic mass is 35.5. The first-order chi connectivity index (χ1) is 7.42. The van der Waals surface area contributed by atoms with Crippen LogP contribution in [-0.2, 0) is 0 Å². The second kappa shape index (κ2) is 8.81. The molecule has 0 radical (unpaired) electrons. The van der Waals surface area contributed by atoms with E-state index in [0.29, 0.717) is 6.04 Å². The molecule has 17 heavy (non-hydrogen) atoms. The van der Waals surface area contributed by atoms with Crippen molar-refractivity contribution in [2.75, 3.05) is 26.2 Å². The van der Waals surface area contributed by atoms with E-state index in [4.69, 9.17) is 4.42 Å². The van der Waals surface area contributed by atoms with Crippen LogP contribution in [-0.4, -0.2) is 31.1 Å². The molecule has 1 saturated heterocycles. The second-order valence-electron chi connectivity index (χ2n) is 4.11. The van der Waals surface area contributed by atoms with Crippen LogP contribution in [0, 0.1) is 0 Å². The maximum Gasteiger partial charge on any atom is 0.120 e. The molecule has 0 saturated carbocycles.